The van der Waals surface area contributed by atoms with Crippen molar-refractivity contribution in [2.45, 2.75) is 44.6 Å². The molecule has 0 aromatic heterocycles. The van der Waals surface area contributed by atoms with Crippen molar-refractivity contribution in [1.29, 1.82) is 0 Å². The quantitative estimate of drug-likeness (QED) is 0.831. The van der Waals surface area contributed by atoms with E-state index in [0.29, 0.717) is 30.8 Å². The van der Waals surface area contributed by atoms with Crippen LogP contribution in [0.15, 0.2) is 17.0 Å². The summed E-state index contributed by atoms with van der Waals surface area (Å²) >= 11 is 0. The molecule has 0 spiro atoms. The average molecular weight is 339 g/mol. The van der Waals surface area contributed by atoms with Gasteiger partial charge in [0.15, 0.2) is 0 Å². The Morgan fingerprint density at radius 2 is 1.74 bits per heavy atom. The van der Waals surface area contributed by atoms with Gasteiger partial charge >= 0.3 is 0 Å². The second kappa shape index (κ2) is 6.98. The van der Waals surface area contributed by atoms with Crippen LogP contribution >= 0.6 is 0 Å². The molecule has 0 atom stereocenters. The lowest BCUT2D eigenvalue weighted by molar-refractivity contribution is -0.119. The minimum absolute atomic E-state index is 0.107. The first-order chi connectivity index (χ1) is 10.7. The largest absolute Gasteiger partial charge is 0.369 e. The number of carbonyl (C=O) groups is 1. The van der Waals surface area contributed by atoms with E-state index in [0.717, 1.165) is 16.7 Å². The number of rotatable bonds is 5. The third-order valence-electron chi connectivity index (χ3n) is 4.16. The van der Waals surface area contributed by atoms with Gasteiger partial charge in [-0.05, 0) is 44.7 Å². The van der Waals surface area contributed by atoms with Gasteiger partial charge in [-0.25, -0.2) is 13.1 Å². The molecule has 6 nitrogen and oxygen atoms in total. The van der Waals surface area contributed by atoms with Crippen molar-refractivity contribution < 1.29 is 13.2 Å². The van der Waals surface area contributed by atoms with Crippen LogP contribution in [-0.2, 0) is 14.8 Å². The molecule has 128 valence electrons. The number of benzene rings is 1. The number of nitrogens with one attached hydrogen (secondary N) is 1. The van der Waals surface area contributed by atoms with Gasteiger partial charge in [0.25, 0.3) is 0 Å². The number of amides is 1. The van der Waals surface area contributed by atoms with Crippen molar-refractivity contribution in [3.8, 4) is 0 Å². The van der Waals surface area contributed by atoms with Crippen LogP contribution < -0.4 is 10.5 Å². The van der Waals surface area contributed by atoms with E-state index in [4.69, 9.17) is 5.73 Å². The summed E-state index contributed by atoms with van der Waals surface area (Å²) in [6.45, 7) is 7.17. The van der Waals surface area contributed by atoms with Crippen LogP contribution in [0.3, 0.4) is 0 Å². The van der Waals surface area contributed by atoms with Crippen LogP contribution in [0.25, 0.3) is 0 Å². The SMILES string of the molecule is Cc1cc(C)c(S(=O)(=O)NC2CCN(CC(N)=O)CC2)c(C)c1. The first-order valence-corrected chi connectivity index (χ1v) is 9.28. The summed E-state index contributed by atoms with van der Waals surface area (Å²) in [4.78, 5) is 13.3. The van der Waals surface area contributed by atoms with Gasteiger partial charge in [-0.2, -0.15) is 0 Å². The van der Waals surface area contributed by atoms with Crippen LogP contribution in [0.4, 0.5) is 0 Å². The molecule has 2 rings (SSSR count). The number of carbonyl (C=O) groups excluding carboxylic acids is 1. The van der Waals surface area contributed by atoms with E-state index >= 15 is 0 Å². The number of primary amides is 1. The summed E-state index contributed by atoms with van der Waals surface area (Å²) in [6.07, 6.45) is 1.35. The molecule has 3 N–H and O–H groups in total. The second-order valence-electron chi connectivity index (χ2n) is 6.37. The molecule has 1 saturated heterocycles. The third-order valence-corrected chi connectivity index (χ3v) is 5.99. The highest BCUT2D eigenvalue weighted by atomic mass is 32.2. The maximum absolute atomic E-state index is 12.7. The molecular weight excluding hydrogens is 314 g/mol. The Bertz CT molecular complexity index is 670. The molecular formula is C16H25N3O3S. The molecule has 1 heterocycles. The fourth-order valence-electron chi connectivity index (χ4n) is 3.30. The van der Waals surface area contributed by atoms with Gasteiger partial charge in [-0.3, -0.25) is 9.69 Å². The van der Waals surface area contributed by atoms with Gasteiger partial charge < -0.3 is 5.73 Å². The highest BCUT2D eigenvalue weighted by molar-refractivity contribution is 7.89. The van der Waals surface area contributed by atoms with Crippen molar-refractivity contribution in [3.63, 3.8) is 0 Å². The van der Waals surface area contributed by atoms with Gasteiger partial charge in [0.2, 0.25) is 15.9 Å². The predicted octanol–water partition coefficient (Wildman–Crippen LogP) is 0.840. The van der Waals surface area contributed by atoms with E-state index in [2.05, 4.69) is 4.72 Å². The topological polar surface area (TPSA) is 92.5 Å². The molecule has 23 heavy (non-hydrogen) atoms. The lowest BCUT2D eigenvalue weighted by Crippen LogP contribution is -2.46. The lowest BCUT2D eigenvalue weighted by Gasteiger charge is -2.31. The van der Waals surface area contributed by atoms with Gasteiger partial charge in [-0.15, -0.1) is 0 Å². The Hall–Kier alpha value is -1.44. The summed E-state index contributed by atoms with van der Waals surface area (Å²) in [5.41, 5.74) is 7.77. The van der Waals surface area contributed by atoms with Crippen molar-refractivity contribution in [1.82, 2.24) is 9.62 Å². The molecule has 1 aromatic rings. The van der Waals surface area contributed by atoms with Crippen molar-refractivity contribution in [3.05, 3.63) is 28.8 Å². The molecule has 0 bridgehead atoms. The standard InChI is InChI=1S/C16H25N3O3S/c1-11-8-12(2)16(13(3)9-11)23(21,22)18-14-4-6-19(7-5-14)10-15(17)20/h8-9,14,18H,4-7,10H2,1-3H3,(H2,17,20). The second-order valence-corrected chi connectivity index (χ2v) is 8.02. The molecule has 0 saturated carbocycles. The first kappa shape index (κ1) is 17.9. The van der Waals surface area contributed by atoms with Gasteiger partial charge in [0.1, 0.15) is 0 Å². The summed E-state index contributed by atoms with van der Waals surface area (Å²) < 4.78 is 28.2. The summed E-state index contributed by atoms with van der Waals surface area (Å²) in [7, 11) is -3.54. The van der Waals surface area contributed by atoms with Crippen LogP contribution in [0.2, 0.25) is 0 Å². The number of aryl methyl sites for hydroxylation is 3. The Labute approximate surface area is 138 Å². The van der Waals surface area contributed by atoms with Crippen LogP contribution in [-0.4, -0.2) is 44.9 Å². The number of nitrogens with zero attached hydrogens (tertiary/aromatic N) is 1. The highest BCUT2D eigenvalue weighted by Gasteiger charge is 2.27. The van der Waals surface area contributed by atoms with E-state index < -0.39 is 10.0 Å². The van der Waals surface area contributed by atoms with Gasteiger partial charge in [-0.1, -0.05) is 17.7 Å². The Balaban J connectivity index is 2.07. The smallest absolute Gasteiger partial charge is 0.241 e. The fourth-order valence-corrected chi connectivity index (χ4v) is 5.06. The van der Waals surface area contributed by atoms with Gasteiger partial charge in [0, 0.05) is 19.1 Å². The van der Waals surface area contributed by atoms with Crippen molar-refractivity contribution in [2.24, 2.45) is 5.73 Å². The maximum atomic E-state index is 12.7. The molecule has 1 fully saturated rings. The monoisotopic (exact) mass is 339 g/mol. The minimum Gasteiger partial charge on any atom is -0.369 e. The van der Waals surface area contributed by atoms with Crippen LogP contribution in [0.1, 0.15) is 29.5 Å². The molecule has 1 amide bonds. The molecule has 1 aromatic carbocycles. The van der Waals surface area contributed by atoms with Crippen molar-refractivity contribution in [2.75, 3.05) is 19.6 Å². The zero-order valence-electron chi connectivity index (χ0n) is 13.9. The predicted molar refractivity (Wildman–Crippen MR) is 89.6 cm³/mol. The third kappa shape index (κ3) is 4.53. The maximum Gasteiger partial charge on any atom is 0.241 e. The number of likely N-dealkylation sites (tertiary alicyclic amines) is 1. The lowest BCUT2D eigenvalue weighted by atomic mass is 10.1. The van der Waals surface area contributed by atoms with Crippen LogP contribution in [0.5, 0.6) is 0 Å². The number of piperidine rings is 1. The Morgan fingerprint density at radius 3 is 2.22 bits per heavy atom. The number of sulfonamides is 1. The number of nitrogens with two attached hydrogens (primary N) is 1. The Kier molecular flexibility index (Phi) is 5.44. The van der Waals surface area contributed by atoms with E-state index in [-0.39, 0.29) is 18.5 Å². The van der Waals surface area contributed by atoms with E-state index in [1.165, 1.54) is 0 Å². The summed E-state index contributed by atoms with van der Waals surface area (Å²) in [5.74, 6) is -0.352. The minimum atomic E-state index is -3.54. The zero-order chi connectivity index (χ0) is 17.2. The van der Waals surface area contributed by atoms with Gasteiger partial charge in [0.05, 0.1) is 11.4 Å². The van der Waals surface area contributed by atoms with E-state index in [9.17, 15) is 13.2 Å². The first-order valence-electron chi connectivity index (χ1n) is 7.80. The molecule has 0 unspecified atom stereocenters. The highest BCUT2D eigenvalue weighted by Crippen LogP contribution is 2.23. The molecule has 7 heteroatoms. The number of hydrogen-bond donors (Lipinski definition) is 2. The molecule has 0 radical (unpaired) electrons. The van der Waals surface area contributed by atoms with E-state index in [1.807, 2.05) is 37.8 Å². The van der Waals surface area contributed by atoms with Crippen molar-refractivity contribution >= 4 is 15.9 Å². The van der Waals surface area contributed by atoms with Crippen LogP contribution in [0, 0.1) is 20.8 Å². The molecule has 1 aliphatic rings. The average Bonchev–Trinajstić information content (AvgIpc) is 2.38. The Morgan fingerprint density at radius 1 is 1.22 bits per heavy atom. The molecule has 0 aliphatic carbocycles. The normalized spacial score (nSPS) is 17.3. The number of hydrogen-bond acceptors (Lipinski definition) is 4. The fraction of sp³-hybridized carbons (Fsp3) is 0.562. The molecule has 1 aliphatic heterocycles. The summed E-state index contributed by atoms with van der Waals surface area (Å²) in [5, 5.41) is 0. The van der Waals surface area contributed by atoms with E-state index in [1.54, 1.807) is 0 Å². The summed E-state index contributed by atoms with van der Waals surface area (Å²) in [6, 6.07) is 3.66. The zero-order valence-corrected chi connectivity index (χ0v) is 14.7.